The Kier molecular flexibility index (Phi) is 3.70. The summed E-state index contributed by atoms with van der Waals surface area (Å²) in [6.45, 7) is 4.59. The molecule has 4 nitrogen and oxygen atoms in total. The molecule has 20 heavy (non-hydrogen) atoms. The predicted octanol–water partition coefficient (Wildman–Crippen LogP) is 3.43. The van der Waals surface area contributed by atoms with Crippen molar-refractivity contribution in [1.82, 2.24) is 15.0 Å². The highest BCUT2D eigenvalue weighted by atomic mass is 79.9. The van der Waals surface area contributed by atoms with E-state index < -0.39 is 0 Å². The van der Waals surface area contributed by atoms with Crippen LogP contribution in [0.15, 0.2) is 29.0 Å². The van der Waals surface area contributed by atoms with Crippen LogP contribution in [-0.4, -0.2) is 21.6 Å². The monoisotopic (exact) mass is 333 g/mol. The molecule has 2 heterocycles. The van der Waals surface area contributed by atoms with E-state index in [9.17, 15) is 0 Å². The summed E-state index contributed by atoms with van der Waals surface area (Å²) in [6, 6.07) is 4.23. The third-order valence-corrected chi connectivity index (χ3v) is 4.05. The molecule has 2 aromatic heterocycles. The van der Waals surface area contributed by atoms with Crippen LogP contribution in [0.3, 0.4) is 0 Å². The van der Waals surface area contributed by atoms with Crippen LogP contribution in [0.2, 0.25) is 0 Å². The van der Waals surface area contributed by atoms with Gasteiger partial charge in [-0.1, -0.05) is 6.07 Å². The van der Waals surface area contributed by atoms with Crippen molar-refractivity contribution < 1.29 is 4.74 Å². The van der Waals surface area contributed by atoms with Crippen LogP contribution in [0.4, 0.5) is 0 Å². The number of nitrogens with zero attached hydrogens (tertiary/aromatic N) is 3. The fourth-order valence-electron chi connectivity index (χ4n) is 2.21. The van der Waals surface area contributed by atoms with E-state index in [1.54, 1.807) is 6.20 Å². The van der Waals surface area contributed by atoms with Crippen molar-refractivity contribution in [3.05, 3.63) is 46.1 Å². The van der Waals surface area contributed by atoms with Crippen molar-refractivity contribution in [3.8, 4) is 5.88 Å². The number of rotatable bonds is 4. The summed E-state index contributed by atoms with van der Waals surface area (Å²) in [5.74, 6) is 2.40. The number of hydrogen-bond acceptors (Lipinski definition) is 4. The van der Waals surface area contributed by atoms with Gasteiger partial charge in [0.25, 0.3) is 0 Å². The lowest BCUT2D eigenvalue weighted by atomic mass is 10.2. The molecule has 0 aliphatic heterocycles. The summed E-state index contributed by atoms with van der Waals surface area (Å²) < 4.78 is 6.59. The van der Waals surface area contributed by atoms with Gasteiger partial charge < -0.3 is 4.74 Å². The zero-order chi connectivity index (χ0) is 14.1. The highest BCUT2D eigenvalue weighted by molar-refractivity contribution is 9.10. The van der Waals surface area contributed by atoms with Crippen LogP contribution < -0.4 is 4.74 Å². The second-order valence-corrected chi connectivity index (χ2v) is 6.10. The van der Waals surface area contributed by atoms with E-state index in [0.29, 0.717) is 24.3 Å². The minimum absolute atomic E-state index is 0.525. The van der Waals surface area contributed by atoms with E-state index in [1.165, 1.54) is 11.3 Å². The molecule has 0 saturated heterocycles. The van der Waals surface area contributed by atoms with Gasteiger partial charge in [-0.25, -0.2) is 4.98 Å². The summed E-state index contributed by atoms with van der Waals surface area (Å²) in [4.78, 5) is 12.9. The minimum atomic E-state index is 0.525. The summed E-state index contributed by atoms with van der Waals surface area (Å²) in [7, 11) is 0. The summed E-state index contributed by atoms with van der Waals surface area (Å²) in [5, 5.41) is 0. The third kappa shape index (κ3) is 2.98. The summed E-state index contributed by atoms with van der Waals surface area (Å²) >= 11 is 3.41. The molecule has 0 radical (unpaired) electrons. The Morgan fingerprint density at radius 1 is 1.25 bits per heavy atom. The van der Waals surface area contributed by atoms with Crippen LogP contribution in [0, 0.1) is 19.8 Å². The highest BCUT2D eigenvalue weighted by Crippen LogP contribution is 2.46. The molecule has 1 unspecified atom stereocenters. The van der Waals surface area contributed by atoms with Crippen molar-refractivity contribution in [2.24, 2.45) is 5.92 Å². The summed E-state index contributed by atoms with van der Waals surface area (Å²) in [6.07, 6.45) is 4.79. The highest BCUT2D eigenvalue weighted by Gasteiger charge is 2.40. The second-order valence-electron chi connectivity index (χ2n) is 5.24. The van der Waals surface area contributed by atoms with E-state index in [4.69, 9.17) is 4.74 Å². The molecule has 5 heteroatoms. The largest absolute Gasteiger partial charge is 0.476 e. The molecule has 2 aromatic rings. The first-order valence-electron chi connectivity index (χ1n) is 6.68. The topological polar surface area (TPSA) is 47.9 Å². The SMILES string of the molecule is Cc1ccc([C@@H]2CC2COc2nc(C)ncc2Br)nc1. The Morgan fingerprint density at radius 2 is 2.10 bits per heavy atom. The molecule has 1 aliphatic rings. The van der Waals surface area contributed by atoms with Crippen LogP contribution >= 0.6 is 15.9 Å². The first kappa shape index (κ1) is 13.5. The van der Waals surface area contributed by atoms with Crippen molar-refractivity contribution in [2.75, 3.05) is 6.61 Å². The average molecular weight is 334 g/mol. The van der Waals surface area contributed by atoms with Crippen LogP contribution in [-0.2, 0) is 0 Å². The van der Waals surface area contributed by atoms with E-state index in [1.807, 2.05) is 13.1 Å². The molecule has 2 atom stereocenters. The van der Waals surface area contributed by atoms with Gasteiger partial charge in [0.1, 0.15) is 5.82 Å². The van der Waals surface area contributed by atoms with Gasteiger partial charge in [-0.05, 0) is 47.8 Å². The Bertz CT molecular complexity index is 615. The third-order valence-electron chi connectivity index (χ3n) is 3.50. The van der Waals surface area contributed by atoms with E-state index in [0.717, 1.165) is 16.7 Å². The Morgan fingerprint density at radius 3 is 2.85 bits per heavy atom. The molecule has 1 saturated carbocycles. The van der Waals surface area contributed by atoms with Crippen molar-refractivity contribution in [1.29, 1.82) is 0 Å². The van der Waals surface area contributed by atoms with Crippen LogP contribution in [0.1, 0.15) is 29.4 Å². The van der Waals surface area contributed by atoms with Gasteiger partial charge in [0, 0.05) is 29.9 Å². The molecule has 0 aromatic carbocycles. The minimum Gasteiger partial charge on any atom is -0.476 e. The van der Waals surface area contributed by atoms with Crippen molar-refractivity contribution in [2.45, 2.75) is 26.2 Å². The number of ether oxygens (including phenoxy) is 1. The first-order chi connectivity index (χ1) is 9.63. The average Bonchev–Trinajstić information content (AvgIpc) is 3.20. The van der Waals surface area contributed by atoms with Crippen LogP contribution in [0.5, 0.6) is 5.88 Å². The number of hydrogen-bond donors (Lipinski definition) is 0. The van der Waals surface area contributed by atoms with Gasteiger partial charge in [-0.15, -0.1) is 0 Å². The van der Waals surface area contributed by atoms with Gasteiger partial charge >= 0.3 is 0 Å². The Balaban J connectivity index is 1.58. The Hall–Kier alpha value is -1.49. The lowest BCUT2D eigenvalue weighted by Gasteiger charge is -2.07. The van der Waals surface area contributed by atoms with Gasteiger partial charge in [-0.2, -0.15) is 4.98 Å². The van der Waals surface area contributed by atoms with E-state index in [-0.39, 0.29) is 0 Å². The first-order valence-corrected chi connectivity index (χ1v) is 7.47. The fraction of sp³-hybridized carbons (Fsp3) is 0.400. The predicted molar refractivity (Wildman–Crippen MR) is 79.8 cm³/mol. The lowest BCUT2D eigenvalue weighted by molar-refractivity contribution is 0.282. The van der Waals surface area contributed by atoms with Crippen LogP contribution in [0.25, 0.3) is 0 Å². The zero-order valence-corrected chi connectivity index (χ0v) is 13.1. The number of aromatic nitrogens is 3. The molecule has 104 valence electrons. The molecule has 0 N–H and O–H groups in total. The van der Waals surface area contributed by atoms with Crippen molar-refractivity contribution >= 4 is 15.9 Å². The molecular weight excluding hydrogens is 318 g/mol. The smallest absolute Gasteiger partial charge is 0.231 e. The maximum atomic E-state index is 5.79. The van der Waals surface area contributed by atoms with Crippen molar-refractivity contribution in [3.63, 3.8) is 0 Å². The maximum Gasteiger partial charge on any atom is 0.231 e. The lowest BCUT2D eigenvalue weighted by Crippen LogP contribution is -2.04. The number of pyridine rings is 1. The summed E-state index contributed by atoms with van der Waals surface area (Å²) in [5.41, 5.74) is 2.37. The normalized spacial score (nSPS) is 20.8. The molecule has 1 fully saturated rings. The molecule has 3 rings (SSSR count). The number of halogens is 1. The van der Waals surface area contributed by atoms with Gasteiger partial charge in [0.2, 0.25) is 5.88 Å². The maximum absolute atomic E-state index is 5.79. The van der Waals surface area contributed by atoms with E-state index >= 15 is 0 Å². The van der Waals surface area contributed by atoms with Gasteiger partial charge in [0.15, 0.2) is 0 Å². The number of aryl methyl sites for hydroxylation is 2. The second kappa shape index (κ2) is 5.48. The van der Waals surface area contributed by atoms with Gasteiger partial charge in [-0.3, -0.25) is 4.98 Å². The molecule has 0 spiro atoms. The van der Waals surface area contributed by atoms with E-state index in [2.05, 4.69) is 49.9 Å². The Labute approximate surface area is 126 Å². The quantitative estimate of drug-likeness (QED) is 0.859. The molecule has 0 amide bonds. The zero-order valence-electron chi connectivity index (χ0n) is 11.5. The van der Waals surface area contributed by atoms with Gasteiger partial charge in [0.05, 0.1) is 11.1 Å². The molecule has 0 bridgehead atoms. The molecule has 1 aliphatic carbocycles. The fourth-order valence-corrected chi connectivity index (χ4v) is 2.52. The standard InChI is InChI=1S/C15H16BrN3O/c1-9-3-4-14(18-6-9)12-5-11(12)8-20-15-13(16)7-17-10(2)19-15/h3-4,6-7,11-12H,5,8H2,1-2H3/t11?,12-/m1/s1. The molecular formula is C15H16BrN3O.